The van der Waals surface area contributed by atoms with E-state index in [1.165, 1.54) is 17.7 Å². The van der Waals surface area contributed by atoms with Gasteiger partial charge >= 0.3 is 6.18 Å². The molecule has 0 aliphatic heterocycles. The molecule has 6 nitrogen and oxygen atoms in total. The van der Waals surface area contributed by atoms with Gasteiger partial charge in [-0.15, -0.1) is 0 Å². The minimum absolute atomic E-state index is 0.235. The molecule has 1 atom stereocenters. The SMILES string of the molecule is CC(CNc1nc(Nc2ccc(C(F)(F)F)cc2)c2cnn(C)c2n1)c1ccccc1. The minimum Gasteiger partial charge on any atom is -0.353 e. The highest BCUT2D eigenvalue weighted by Gasteiger charge is 2.30. The lowest BCUT2D eigenvalue weighted by molar-refractivity contribution is -0.137. The first-order valence-corrected chi connectivity index (χ1v) is 9.74. The lowest BCUT2D eigenvalue weighted by atomic mass is 10.0. The number of aryl methyl sites for hydroxylation is 1. The number of halogens is 3. The molecule has 0 fully saturated rings. The Labute approximate surface area is 177 Å². The van der Waals surface area contributed by atoms with Crippen molar-refractivity contribution in [3.8, 4) is 0 Å². The third kappa shape index (κ3) is 4.60. The van der Waals surface area contributed by atoms with Gasteiger partial charge in [-0.2, -0.15) is 28.2 Å². The molecule has 160 valence electrons. The van der Waals surface area contributed by atoms with Crippen molar-refractivity contribution in [2.75, 3.05) is 17.2 Å². The van der Waals surface area contributed by atoms with Crippen LogP contribution >= 0.6 is 0 Å². The van der Waals surface area contributed by atoms with Crippen LogP contribution in [-0.2, 0) is 13.2 Å². The predicted molar refractivity (Wildman–Crippen MR) is 114 cm³/mol. The van der Waals surface area contributed by atoms with Crippen LogP contribution in [0.15, 0.2) is 60.8 Å². The van der Waals surface area contributed by atoms with Gasteiger partial charge in [0.1, 0.15) is 5.82 Å². The van der Waals surface area contributed by atoms with Gasteiger partial charge in [-0.05, 0) is 35.7 Å². The molecule has 0 aliphatic rings. The van der Waals surface area contributed by atoms with Crippen molar-refractivity contribution in [3.05, 3.63) is 71.9 Å². The van der Waals surface area contributed by atoms with E-state index in [2.05, 4.69) is 44.8 Å². The molecule has 0 saturated carbocycles. The van der Waals surface area contributed by atoms with Crippen LogP contribution in [0.2, 0.25) is 0 Å². The molecule has 0 aliphatic carbocycles. The Morgan fingerprint density at radius 3 is 2.39 bits per heavy atom. The van der Waals surface area contributed by atoms with Crippen molar-refractivity contribution in [2.24, 2.45) is 7.05 Å². The van der Waals surface area contributed by atoms with Crippen LogP contribution in [-0.4, -0.2) is 26.3 Å². The van der Waals surface area contributed by atoms with Gasteiger partial charge in [0.05, 0.1) is 17.1 Å². The summed E-state index contributed by atoms with van der Waals surface area (Å²) in [7, 11) is 1.77. The fraction of sp³-hybridized carbons (Fsp3) is 0.227. The van der Waals surface area contributed by atoms with Crippen LogP contribution < -0.4 is 10.6 Å². The highest BCUT2D eigenvalue weighted by molar-refractivity contribution is 5.89. The van der Waals surface area contributed by atoms with Crippen LogP contribution in [0.25, 0.3) is 11.0 Å². The molecule has 2 aromatic carbocycles. The molecule has 0 amide bonds. The second kappa shape index (κ2) is 8.25. The molecule has 1 unspecified atom stereocenters. The summed E-state index contributed by atoms with van der Waals surface area (Å²) in [5, 5.41) is 11.2. The average molecular weight is 426 g/mol. The summed E-state index contributed by atoms with van der Waals surface area (Å²) in [6.45, 7) is 2.72. The van der Waals surface area contributed by atoms with E-state index < -0.39 is 11.7 Å². The zero-order valence-electron chi connectivity index (χ0n) is 17.0. The molecule has 2 heterocycles. The van der Waals surface area contributed by atoms with Crippen LogP contribution in [0.5, 0.6) is 0 Å². The van der Waals surface area contributed by atoms with Crippen molar-refractivity contribution in [3.63, 3.8) is 0 Å². The standard InChI is InChI=1S/C22H21F3N6/c1-14(15-6-4-3-5-7-15)12-26-21-29-19(18-13-27-31(2)20(18)30-21)28-17-10-8-16(9-11-17)22(23,24)25/h3-11,13-14H,12H2,1-2H3,(H2,26,28,29,30). The highest BCUT2D eigenvalue weighted by Crippen LogP contribution is 2.31. The molecule has 0 radical (unpaired) electrons. The molecule has 2 N–H and O–H groups in total. The van der Waals surface area contributed by atoms with Gasteiger partial charge in [0.2, 0.25) is 5.95 Å². The summed E-state index contributed by atoms with van der Waals surface area (Å²) in [6.07, 6.45) is -2.76. The number of benzene rings is 2. The first kappa shape index (κ1) is 20.6. The predicted octanol–water partition coefficient (Wildman–Crippen LogP) is 5.34. The van der Waals surface area contributed by atoms with Crippen molar-refractivity contribution in [1.29, 1.82) is 0 Å². The zero-order chi connectivity index (χ0) is 22.0. The topological polar surface area (TPSA) is 67.7 Å². The minimum atomic E-state index is -4.38. The van der Waals surface area contributed by atoms with Crippen molar-refractivity contribution >= 4 is 28.5 Å². The molecule has 0 saturated heterocycles. The quantitative estimate of drug-likeness (QED) is 0.436. The van der Waals surface area contributed by atoms with Gasteiger partial charge < -0.3 is 10.6 Å². The third-order valence-corrected chi connectivity index (χ3v) is 5.00. The van der Waals surface area contributed by atoms with Crippen LogP contribution in [0.1, 0.15) is 24.0 Å². The maximum atomic E-state index is 12.8. The van der Waals surface area contributed by atoms with Crippen molar-refractivity contribution in [1.82, 2.24) is 19.7 Å². The Balaban J connectivity index is 1.58. The number of rotatable bonds is 6. The Bertz CT molecular complexity index is 1170. The first-order valence-electron chi connectivity index (χ1n) is 9.74. The lowest BCUT2D eigenvalue weighted by Crippen LogP contribution is -2.13. The normalized spacial score (nSPS) is 12.7. The number of hydrogen-bond donors (Lipinski definition) is 2. The number of aromatic nitrogens is 4. The summed E-state index contributed by atoms with van der Waals surface area (Å²) in [5.74, 6) is 1.11. The molecule has 31 heavy (non-hydrogen) atoms. The summed E-state index contributed by atoms with van der Waals surface area (Å²) in [6, 6.07) is 14.9. The number of fused-ring (bicyclic) bond motifs is 1. The third-order valence-electron chi connectivity index (χ3n) is 5.00. The second-order valence-corrected chi connectivity index (χ2v) is 7.29. The number of alkyl halides is 3. The van der Waals surface area contributed by atoms with E-state index in [1.807, 2.05) is 18.2 Å². The molecule has 9 heteroatoms. The van der Waals surface area contributed by atoms with Gasteiger partial charge in [0.15, 0.2) is 5.65 Å². The summed E-state index contributed by atoms with van der Waals surface area (Å²) < 4.78 is 40.1. The van der Waals surface area contributed by atoms with Gasteiger partial charge in [-0.25, -0.2) is 0 Å². The maximum Gasteiger partial charge on any atom is 0.416 e. The zero-order valence-corrected chi connectivity index (χ0v) is 17.0. The summed E-state index contributed by atoms with van der Waals surface area (Å²) in [4.78, 5) is 9.08. The monoisotopic (exact) mass is 426 g/mol. The maximum absolute atomic E-state index is 12.8. The van der Waals surface area contributed by atoms with Crippen molar-refractivity contribution in [2.45, 2.75) is 19.0 Å². The Morgan fingerprint density at radius 2 is 1.71 bits per heavy atom. The van der Waals surface area contributed by atoms with Crippen LogP contribution in [0.3, 0.4) is 0 Å². The molecular formula is C22H21F3N6. The van der Waals surface area contributed by atoms with Gasteiger partial charge in [0, 0.05) is 19.3 Å². The Kier molecular flexibility index (Phi) is 5.50. The molecule has 4 rings (SSSR count). The van der Waals surface area contributed by atoms with E-state index in [0.29, 0.717) is 35.0 Å². The molecule has 2 aromatic heterocycles. The van der Waals surface area contributed by atoms with E-state index >= 15 is 0 Å². The van der Waals surface area contributed by atoms with E-state index in [0.717, 1.165) is 12.1 Å². The Morgan fingerprint density at radius 1 is 1.00 bits per heavy atom. The van der Waals surface area contributed by atoms with Crippen LogP contribution in [0, 0.1) is 0 Å². The van der Waals surface area contributed by atoms with E-state index in [9.17, 15) is 13.2 Å². The lowest BCUT2D eigenvalue weighted by Gasteiger charge is -2.14. The fourth-order valence-electron chi connectivity index (χ4n) is 3.22. The van der Waals surface area contributed by atoms with E-state index in [1.54, 1.807) is 17.9 Å². The molecular weight excluding hydrogens is 405 g/mol. The van der Waals surface area contributed by atoms with E-state index in [-0.39, 0.29) is 5.92 Å². The van der Waals surface area contributed by atoms with Crippen LogP contribution in [0.4, 0.5) is 30.6 Å². The van der Waals surface area contributed by atoms with Crippen molar-refractivity contribution < 1.29 is 13.2 Å². The van der Waals surface area contributed by atoms with Gasteiger partial charge in [0.25, 0.3) is 0 Å². The smallest absolute Gasteiger partial charge is 0.353 e. The Hall–Kier alpha value is -3.62. The number of nitrogens with zero attached hydrogens (tertiary/aromatic N) is 4. The first-order chi connectivity index (χ1) is 14.8. The van der Waals surface area contributed by atoms with Gasteiger partial charge in [-0.1, -0.05) is 37.3 Å². The highest BCUT2D eigenvalue weighted by atomic mass is 19.4. The number of anilines is 3. The van der Waals surface area contributed by atoms with E-state index in [4.69, 9.17) is 0 Å². The molecule has 0 spiro atoms. The average Bonchev–Trinajstić information content (AvgIpc) is 3.13. The fourth-order valence-corrected chi connectivity index (χ4v) is 3.22. The van der Waals surface area contributed by atoms with Gasteiger partial charge in [-0.3, -0.25) is 4.68 Å². The summed E-state index contributed by atoms with van der Waals surface area (Å²) in [5.41, 5.74) is 1.59. The largest absolute Gasteiger partial charge is 0.416 e. The number of nitrogens with one attached hydrogen (secondary N) is 2. The summed E-state index contributed by atoms with van der Waals surface area (Å²) >= 11 is 0. The number of hydrogen-bond acceptors (Lipinski definition) is 5. The molecule has 4 aromatic rings. The second-order valence-electron chi connectivity index (χ2n) is 7.29. The molecule has 0 bridgehead atoms.